The lowest BCUT2D eigenvalue weighted by Crippen LogP contribution is -2.37. The van der Waals surface area contributed by atoms with Crippen molar-refractivity contribution in [3.63, 3.8) is 0 Å². The predicted octanol–water partition coefficient (Wildman–Crippen LogP) is 1.92. The van der Waals surface area contributed by atoms with Crippen LogP contribution in [0.4, 0.5) is 0 Å². The molecule has 0 aromatic heterocycles. The summed E-state index contributed by atoms with van der Waals surface area (Å²) in [5.41, 5.74) is 0.662. The van der Waals surface area contributed by atoms with Crippen LogP contribution in [0.15, 0.2) is 30.3 Å². The first-order valence-electron chi connectivity index (χ1n) is 5.90. The second-order valence-corrected chi connectivity index (χ2v) is 6.47. The summed E-state index contributed by atoms with van der Waals surface area (Å²) in [7, 11) is -3.61. The van der Waals surface area contributed by atoms with Gasteiger partial charge >= 0.3 is 0 Å². The lowest BCUT2D eigenvalue weighted by molar-refractivity contribution is -0.123. The smallest absolute Gasteiger partial charge is 0.239 e. The number of rotatable bonds is 5. The Hall–Kier alpha value is -1.36. The van der Waals surface area contributed by atoms with Gasteiger partial charge in [-0.3, -0.25) is 9.52 Å². The Morgan fingerprint density at radius 3 is 2.22 bits per heavy atom. The molecule has 1 aromatic carbocycles. The van der Waals surface area contributed by atoms with E-state index in [0.717, 1.165) is 0 Å². The quantitative estimate of drug-likeness (QED) is 0.888. The molecule has 5 heteroatoms. The summed E-state index contributed by atoms with van der Waals surface area (Å²) in [6.45, 7) is 5.49. The van der Waals surface area contributed by atoms with Crippen molar-refractivity contribution in [1.29, 1.82) is 0 Å². The predicted molar refractivity (Wildman–Crippen MR) is 71.2 cm³/mol. The molecule has 0 aliphatic carbocycles. The molecular formula is C13H19NO3S. The normalized spacial score (nSPS) is 13.3. The van der Waals surface area contributed by atoms with Crippen LogP contribution < -0.4 is 4.72 Å². The van der Waals surface area contributed by atoms with Crippen molar-refractivity contribution >= 4 is 15.9 Å². The second-order valence-electron chi connectivity index (χ2n) is 4.74. The molecule has 1 aromatic rings. The van der Waals surface area contributed by atoms with Gasteiger partial charge in [0.2, 0.25) is 15.9 Å². The first kappa shape index (κ1) is 14.7. The molecule has 0 heterocycles. The Morgan fingerprint density at radius 2 is 1.72 bits per heavy atom. The zero-order valence-corrected chi connectivity index (χ0v) is 11.7. The van der Waals surface area contributed by atoms with E-state index in [1.165, 1.54) is 0 Å². The lowest BCUT2D eigenvalue weighted by atomic mass is 9.98. The highest BCUT2D eigenvalue weighted by Crippen LogP contribution is 2.11. The van der Waals surface area contributed by atoms with Crippen molar-refractivity contribution in [3.05, 3.63) is 35.9 Å². The van der Waals surface area contributed by atoms with Crippen molar-refractivity contribution < 1.29 is 13.2 Å². The first-order valence-corrected chi connectivity index (χ1v) is 7.55. The van der Waals surface area contributed by atoms with E-state index in [0.29, 0.717) is 5.56 Å². The molecular weight excluding hydrogens is 250 g/mol. The maximum absolute atomic E-state index is 11.8. The average molecular weight is 269 g/mol. The number of carbonyl (C=O) groups is 1. The zero-order valence-electron chi connectivity index (χ0n) is 10.9. The van der Waals surface area contributed by atoms with Crippen LogP contribution in [0, 0.1) is 11.8 Å². The molecule has 1 amide bonds. The topological polar surface area (TPSA) is 63.2 Å². The highest BCUT2D eigenvalue weighted by molar-refractivity contribution is 7.89. The molecule has 0 radical (unpaired) electrons. The molecule has 0 aliphatic rings. The van der Waals surface area contributed by atoms with Crippen LogP contribution in [0.3, 0.4) is 0 Å². The number of amides is 1. The molecule has 18 heavy (non-hydrogen) atoms. The molecule has 0 spiro atoms. The summed E-state index contributed by atoms with van der Waals surface area (Å²) in [5, 5.41) is 0. The van der Waals surface area contributed by atoms with Gasteiger partial charge in [-0.1, -0.05) is 51.1 Å². The summed E-state index contributed by atoms with van der Waals surface area (Å²) in [5.74, 6) is -0.835. The van der Waals surface area contributed by atoms with E-state index in [4.69, 9.17) is 0 Å². The van der Waals surface area contributed by atoms with Gasteiger partial charge in [-0.05, 0) is 11.5 Å². The van der Waals surface area contributed by atoms with Gasteiger partial charge in [-0.2, -0.15) is 0 Å². The maximum atomic E-state index is 11.8. The van der Waals surface area contributed by atoms with Gasteiger partial charge in [-0.25, -0.2) is 8.42 Å². The molecule has 0 saturated carbocycles. The van der Waals surface area contributed by atoms with E-state index in [9.17, 15) is 13.2 Å². The number of sulfonamides is 1. The Labute approximate surface area is 108 Å². The van der Waals surface area contributed by atoms with E-state index >= 15 is 0 Å². The van der Waals surface area contributed by atoms with Gasteiger partial charge in [-0.15, -0.1) is 0 Å². The van der Waals surface area contributed by atoms with Crippen LogP contribution in [-0.2, 0) is 20.6 Å². The van der Waals surface area contributed by atoms with Gasteiger partial charge in [0.05, 0.1) is 5.75 Å². The van der Waals surface area contributed by atoms with Gasteiger partial charge in [0.15, 0.2) is 0 Å². The van der Waals surface area contributed by atoms with Gasteiger partial charge in [0.25, 0.3) is 0 Å². The van der Waals surface area contributed by atoms with Crippen molar-refractivity contribution in [1.82, 2.24) is 4.72 Å². The number of hydrogen-bond donors (Lipinski definition) is 1. The van der Waals surface area contributed by atoms with E-state index in [1.807, 2.05) is 19.9 Å². The number of hydrogen-bond acceptors (Lipinski definition) is 3. The molecule has 1 rings (SSSR count). The summed E-state index contributed by atoms with van der Waals surface area (Å²) >= 11 is 0. The van der Waals surface area contributed by atoms with Gasteiger partial charge in [0, 0.05) is 5.92 Å². The van der Waals surface area contributed by atoms with Gasteiger partial charge < -0.3 is 0 Å². The van der Waals surface area contributed by atoms with Crippen LogP contribution in [0.2, 0.25) is 0 Å². The number of carbonyl (C=O) groups excluding carboxylic acids is 1. The summed E-state index contributed by atoms with van der Waals surface area (Å²) in [6.07, 6.45) is 0. The molecule has 1 atom stereocenters. The Balaban J connectivity index is 2.69. The van der Waals surface area contributed by atoms with Crippen molar-refractivity contribution in [2.24, 2.45) is 11.8 Å². The van der Waals surface area contributed by atoms with E-state index in [1.54, 1.807) is 31.2 Å². The molecule has 0 aliphatic heterocycles. The maximum Gasteiger partial charge on any atom is 0.239 e. The van der Waals surface area contributed by atoms with Crippen LogP contribution in [0.25, 0.3) is 0 Å². The summed E-state index contributed by atoms with van der Waals surface area (Å²) < 4.78 is 25.7. The Morgan fingerprint density at radius 1 is 1.17 bits per heavy atom. The minimum Gasteiger partial charge on any atom is -0.274 e. The summed E-state index contributed by atoms with van der Waals surface area (Å²) in [6, 6.07) is 8.79. The monoisotopic (exact) mass is 269 g/mol. The first-order chi connectivity index (χ1) is 8.32. The molecule has 1 N–H and O–H groups in total. The molecule has 4 nitrogen and oxygen atoms in total. The lowest BCUT2D eigenvalue weighted by Gasteiger charge is -2.15. The Kier molecular flexibility index (Phi) is 4.90. The third kappa shape index (κ3) is 4.49. The zero-order chi connectivity index (χ0) is 13.8. The fourth-order valence-electron chi connectivity index (χ4n) is 1.38. The van der Waals surface area contributed by atoms with Crippen LogP contribution in [0.5, 0.6) is 0 Å². The molecule has 0 fully saturated rings. The molecule has 0 saturated heterocycles. The molecule has 100 valence electrons. The van der Waals surface area contributed by atoms with Crippen molar-refractivity contribution in [2.75, 3.05) is 0 Å². The van der Waals surface area contributed by atoms with Gasteiger partial charge in [0.1, 0.15) is 0 Å². The number of benzene rings is 1. The summed E-state index contributed by atoms with van der Waals surface area (Å²) in [4.78, 5) is 11.7. The number of nitrogens with one attached hydrogen (secondary N) is 1. The van der Waals surface area contributed by atoms with E-state index < -0.39 is 15.9 Å². The van der Waals surface area contributed by atoms with Crippen molar-refractivity contribution in [2.45, 2.75) is 26.5 Å². The SMILES string of the molecule is CC(C)C(C)C(=O)NS(=O)(=O)Cc1ccccc1. The van der Waals surface area contributed by atoms with Crippen LogP contribution in [0.1, 0.15) is 26.3 Å². The Bertz CT molecular complexity index is 494. The minimum atomic E-state index is -3.61. The average Bonchev–Trinajstić information content (AvgIpc) is 2.27. The standard InChI is InChI=1S/C13H19NO3S/c1-10(2)11(3)13(15)14-18(16,17)9-12-7-5-4-6-8-12/h4-8,10-11H,9H2,1-3H3,(H,14,15). The molecule has 1 unspecified atom stereocenters. The second kappa shape index (κ2) is 6.00. The van der Waals surface area contributed by atoms with Crippen LogP contribution >= 0.6 is 0 Å². The molecule has 0 bridgehead atoms. The third-order valence-corrected chi connectivity index (χ3v) is 4.09. The van der Waals surface area contributed by atoms with Crippen molar-refractivity contribution in [3.8, 4) is 0 Å². The largest absolute Gasteiger partial charge is 0.274 e. The van der Waals surface area contributed by atoms with E-state index in [2.05, 4.69) is 4.72 Å². The fourth-order valence-corrected chi connectivity index (χ4v) is 2.57. The highest BCUT2D eigenvalue weighted by atomic mass is 32.2. The third-order valence-electron chi connectivity index (χ3n) is 2.87. The van der Waals surface area contributed by atoms with E-state index in [-0.39, 0.29) is 17.6 Å². The highest BCUT2D eigenvalue weighted by Gasteiger charge is 2.22. The minimum absolute atomic E-state index is 0.108. The van der Waals surface area contributed by atoms with Crippen LogP contribution in [-0.4, -0.2) is 14.3 Å². The fraction of sp³-hybridized carbons (Fsp3) is 0.462.